The van der Waals surface area contributed by atoms with Gasteiger partial charge in [-0.1, -0.05) is 25.3 Å². The van der Waals surface area contributed by atoms with E-state index in [0.29, 0.717) is 0 Å². The van der Waals surface area contributed by atoms with Crippen LogP contribution in [0, 0.1) is 5.92 Å². The van der Waals surface area contributed by atoms with Crippen molar-refractivity contribution < 1.29 is 9.47 Å². The van der Waals surface area contributed by atoms with E-state index in [1.54, 1.807) is 14.2 Å². The van der Waals surface area contributed by atoms with Gasteiger partial charge in [0.1, 0.15) is 0 Å². The molecule has 4 nitrogen and oxygen atoms in total. The molecular weight excluding hydrogens is 324 g/mol. The second kappa shape index (κ2) is 8.18. The van der Waals surface area contributed by atoms with Crippen molar-refractivity contribution in [1.29, 1.82) is 0 Å². The Bertz CT molecular complexity index is 600. The average molecular weight is 359 g/mol. The van der Waals surface area contributed by atoms with Gasteiger partial charge in [-0.2, -0.15) is 0 Å². The van der Waals surface area contributed by atoms with Crippen LogP contribution in [0.3, 0.4) is 0 Å². The molecule has 3 fully saturated rings. The number of nitrogens with zero attached hydrogens (tertiary/aromatic N) is 2. The first-order valence-electron chi connectivity index (χ1n) is 10.5. The van der Waals surface area contributed by atoms with Crippen molar-refractivity contribution in [2.24, 2.45) is 5.92 Å². The zero-order chi connectivity index (χ0) is 17.9. The van der Waals surface area contributed by atoms with Gasteiger partial charge in [0.05, 0.1) is 14.2 Å². The molecule has 2 unspecified atom stereocenters. The van der Waals surface area contributed by atoms with Crippen molar-refractivity contribution in [3.8, 4) is 11.5 Å². The number of hydrogen-bond donors (Lipinski definition) is 0. The maximum atomic E-state index is 5.53. The Morgan fingerprint density at radius 2 is 1.69 bits per heavy atom. The Morgan fingerprint density at radius 1 is 0.885 bits per heavy atom. The van der Waals surface area contributed by atoms with E-state index in [9.17, 15) is 0 Å². The van der Waals surface area contributed by atoms with Crippen LogP contribution in [0.15, 0.2) is 18.2 Å². The summed E-state index contributed by atoms with van der Waals surface area (Å²) in [5, 5.41) is 0. The third-order valence-corrected chi connectivity index (χ3v) is 6.87. The van der Waals surface area contributed by atoms with E-state index in [-0.39, 0.29) is 0 Å². The molecule has 26 heavy (non-hydrogen) atoms. The van der Waals surface area contributed by atoms with Crippen LogP contribution in [0.5, 0.6) is 11.5 Å². The summed E-state index contributed by atoms with van der Waals surface area (Å²) in [4.78, 5) is 5.58. The number of methoxy groups -OCH3 is 2. The molecule has 2 heterocycles. The van der Waals surface area contributed by atoms with Crippen LogP contribution in [-0.4, -0.2) is 55.7 Å². The van der Waals surface area contributed by atoms with Gasteiger partial charge < -0.3 is 9.47 Å². The smallest absolute Gasteiger partial charge is 0.161 e. The Morgan fingerprint density at radius 3 is 2.46 bits per heavy atom. The number of rotatable bonds is 5. The summed E-state index contributed by atoms with van der Waals surface area (Å²) < 4.78 is 10.9. The maximum absolute atomic E-state index is 5.53. The van der Waals surface area contributed by atoms with Gasteiger partial charge in [-0.15, -0.1) is 0 Å². The fourth-order valence-corrected chi connectivity index (χ4v) is 5.65. The van der Waals surface area contributed by atoms with E-state index in [0.717, 1.165) is 36.0 Å². The van der Waals surface area contributed by atoms with E-state index < -0.39 is 0 Å². The maximum Gasteiger partial charge on any atom is 0.161 e. The van der Waals surface area contributed by atoms with Crippen LogP contribution in [0.25, 0.3) is 0 Å². The molecule has 1 aliphatic carbocycles. The molecule has 1 aromatic rings. The Kier molecular flexibility index (Phi) is 5.70. The summed E-state index contributed by atoms with van der Waals surface area (Å²) in [6.45, 7) is 4.79. The molecule has 1 saturated carbocycles. The number of ether oxygens (including phenoxy) is 2. The molecule has 2 saturated heterocycles. The number of hydrogen-bond acceptors (Lipinski definition) is 4. The molecular formula is C22H34N2O2. The quantitative estimate of drug-likeness (QED) is 0.796. The van der Waals surface area contributed by atoms with E-state index in [1.165, 1.54) is 70.1 Å². The highest BCUT2D eigenvalue weighted by Crippen LogP contribution is 2.38. The van der Waals surface area contributed by atoms with Crippen LogP contribution in [0.4, 0.5) is 0 Å². The molecule has 1 aromatic carbocycles. The first-order chi connectivity index (χ1) is 12.8. The van der Waals surface area contributed by atoms with Gasteiger partial charge >= 0.3 is 0 Å². The van der Waals surface area contributed by atoms with Crippen molar-refractivity contribution in [3.63, 3.8) is 0 Å². The predicted octanol–water partition coefficient (Wildman–Crippen LogP) is 3.93. The minimum absolute atomic E-state index is 0.736. The number of piperazine rings is 1. The molecule has 0 amide bonds. The normalized spacial score (nSPS) is 28.1. The third kappa shape index (κ3) is 3.59. The SMILES string of the molecule is COc1ccc(CN2CCN3CCCC3C2C2CCCCC2)cc1OC. The second-order valence-electron chi connectivity index (χ2n) is 8.29. The van der Waals surface area contributed by atoms with Gasteiger partial charge in [-0.05, 0) is 55.8 Å². The highest BCUT2D eigenvalue weighted by molar-refractivity contribution is 5.42. The largest absolute Gasteiger partial charge is 0.493 e. The van der Waals surface area contributed by atoms with Crippen LogP contribution < -0.4 is 9.47 Å². The summed E-state index contributed by atoms with van der Waals surface area (Å²) >= 11 is 0. The van der Waals surface area contributed by atoms with Gasteiger partial charge in [-0.3, -0.25) is 9.80 Å². The monoisotopic (exact) mass is 358 g/mol. The predicted molar refractivity (Wildman–Crippen MR) is 105 cm³/mol. The standard InChI is InChI=1S/C22H34N2O2/c1-25-20-11-10-17(15-21(20)26-2)16-24-14-13-23-12-6-9-19(23)22(24)18-7-4-3-5-8-18/h10-11,15,18-19,22H,3-9,12-14,16H2,1-2H3. The number of benzene rings is 1. The lowest BCUT2D eigenvalue weighted by molar-refractivity contribution is -0.00383. The zero-order valence-electron chi connectivity index (χ0n) is 16.5. The molecule has 0 aromatic heterocycles. The molecule has 3 aliphatic rings. The molecule has 144 valence electrons. The van der Waals surface area contributed by atoms with Gasteiger partial charge in [0.25, 0.3) is 0 Å². The molecule has 0 bridgehead atoms. The first-order valence-corrected chi connectivity index (χ1v) is 10.5. The Labute approximate surface area is 158 Å². The summed E-state index contributed by atoms with van der Waals surface area (Å²) in [6, 6.07) is 7.94. The van der Waals surface area contributed by atoms with Crippen molar-refractivity contribution in [2.45, 2.75) is 63.6 Å². The Balaban J connectivity index is 1.55. The van der Waals surface area contributed by atoms with Crippen molar-refractivity contribution in [2.75, 3.05) is 33.9 Å². The lowest BCUT2D eigenvalue weighted by Gasteiger charge is -2.49. The molecule has 4 rings (SSSR count). The summed E-state index contributed by atoms with van der Waals surface area (Å²) in [7, 11) is 3.43. The van der Waals surface area contributed by atoms with E-state index in [2.05, 4.69) is 28.0 Å². The molecule has 0 N–H and O–H groups in total. The van der Waals surface area contributed by atoms with Crippen LogP contribution >= 0.6 is 0 Å². The molecule has 4 heteroatoms. The lowest BCUT2D eigenvalue weighted by atomic mass is 9.78. The van der Waals surface area contributed by atoms with Gasteiger partial charge in [0.15, 0.2) is 11.5 Å². The topological polar surface area (TPSA) is 24.9 Å². The summed E-state index contributed by atoms with van der Waals surface area (Å²) in [5.41, 5.74) is 1.34. The van der Waals surface area contributed by atoms with Gasteiger partial charge in [-0.25, -0.2) is 0 Å². The summed E-state index contributed by atoms with van der Waals surface area (Å²) in [6.07, 6.45) is 9.93. The molecule has 2 aliphatic heterocycles. The molecule has 0 radical (unpaired) electrons. The van der Waals surface area contributed by atoms with E-state index in [4.69, 9.17) is 9.47 Å². The van der Waals surface area contributed by atoms with E-state index in [1.807, 2.05) is 0 Å². The van der Waals surface area contributed by atoms with Crippen LogP contribution in [-0.2, 0) is 6.54 Å². The van der Waals surface area contributed by atoms with Gasteiger partial charge in [0, 0.05) is 31.7 Å². The second-order valence-corrected chi connectivity index (χ2v) is 8.29. The molecule has 0 spiro atoms. The molecule has 2 atom stereocenters. The lowest BCUT2D eigenvalue weighted by Crippen LogP contribution is -2.59. The fourth-order valence-electron chi connectivity index (χ4n) is 5.65. The summed E-state index contributed by atoms with van der Waals surface area (Å²) in [5.74, 6) is 2.55. The van der Waals surface area contributed by atoms with E-state index >= 15 is 0 Å². The average Bonchev–Trinajstić information content (AvgIpc) is 3.17. The fraction of sp³-hybridized carbons (Fsp3) is 0.727. The third-order valence-electron chi connectivity index (χ3n) is 6.87. The van der Waals surface area contributed by atoms with Gasteiger partial charge in [0.2, 0.25) is 0 Å². The van der Waals surface area contributed by atoms with Crippen molar-refractivity contribution >= 4 is 0 Å². The zero-order valence-corrected chi connectivity index (χ0v) is 16.5. The highest BCUT2D eigenvalue weighted by atomic mass is 16.5. The Hall–Kier alpha value is -1.26. The van der Waals surface area contributed by atoms with Crippen LogP contribution in [0.2, 0.25) is 0 Å². The first kappa shape index (κ1) is 18.1. The van der Waals surface area contributed by atoms with Crippen molar-refractivity contribution in [3.05, 3.63) is 23.8 Å². The highest BCUT2D eigenvalue weighted by Gasteiger charge is 2.42. The van der Waals surface area contributed by atoms with Crippen molar-refractivity contribution in [1.82, 2.24) is 9.80 Å². The minimum Gasteiger partial charge on any atom is -0.493 e. The minimum atomic E-state index is 0.736. The van der Waals surface area contributed by atoms with Crippen LogP contribution in [0.1, 0.15) is 50.5 Å². The number of fused-ring (bicyclic) bond motifs is 1.